The molecule has 1 aliphatic heterocycles. The normalized spacial score (nSPS) is 20.3. The molecule has 0 spiro atoms. The van der Waals surface area contributed by atoms with Gasteiger partial charge in [-0.15, -0.1) is 0 Å². The van der Waals surface area contributed by atoms with Gasteiger partial charge in [0, 0.05) is 6.42 Å². The first-order chi connectivity index (χ1) is 31.8. The van der Waals surface area contributed by atoms with Crippen LogP contribution in [0.3, 0.4) is 0 Å². The van der Waals surface area contributed by atoms with Crippen LogP contribution in [0.2, 0.25) is 0 Å². The lowest BCUT2D eigenvalue weighted by atomic mass is 9.99. The van der Waals surface area contributed by atoms with Crippen molar-refractivity contribution in [2.45, 2.75) is 288 Å². The predicted octanol–water partition coefficient (Wildman–Crippen LogP) is 13.0. The number of hydrogen-bond donors (Lipinski definition) is 6. The van der Waals surface area contributed by atoms with Gasteiger partial charge < -0.3 is 40.3 Å². The van der Waals surface area contributed by atoms with Crippen molar-refractivity contribution in [3.63, 3.8) is 0 Å². The molecule has 0 saturated carbocycles. The topological polar surface area (TPSA) is 149 Å². The van der Waals surface area contributed by atoms with Gasteiger partial charge in [-0.1, -0.05) is 223 Å². The summed E-state index contributed by atoms with van der Waals surface area (Å²) in [5.41, 5.74) is 0. The van der Waals surface area contributed by atoms with Crippen molar-refractivity contribution < 1.29 is 39.8 Å². The molecule has 7 atom stereocenters. The molecule has 9 nitrogen and oxygen atoms in total. The number of allylic oxidation sites excluding steroid dienone is 7. The van der Waals surface area contributed by atoms with Gasteiger partial charge in [0.15, 0.2) is 6.29 Å². The minimum atomic E-state index is -1.57. The molecule has 1 heterocycles. The number of amides is 1. The van der Waals surface area contributed by atoms with Crippen molar-refractivity contribution in [1.29, 1.82) is 0 Å². The minimum absolute atomic E-state index is 0.188. The van der Waals surface area contributed by atoms with Crippen molar-refractivity contribution >= 4 is 5.91 Å². The Balaban J connectivity index is 2.14. The monoisotopic (exact) mass is 918 g/mol. The number of rotatable bonds is 46. The summed E-state index contributed by atoms with van der Waals surface area (Å²) in [5, 5.41) is 54.2. The van der Waals surface area contributed by atoms with E-state index in [1.165, 1.54) is 180 Å². The molecule has 1 aliphatic rings. The zero-order valence-corrected chi connectivity index (χ0v) is 42.0. The van der Waals surface area contributed by atoms with Crippen LogP contribution in [0, 0.1) is 0 Å². The standard InChI is InChI=1S/C56H103NO8/c1-3-5-7-9-11-13-15-16-17-18-19-20-21-22-23-24-25-26-27-28-29-30-31-32-33-34-36-38-40-42-44-46-52(60)57-49(48-64-56-55(63)54(62)53(61)51(47-58)65-56)50(59)45-43-41-39-37-35-14-12-10-8-6-4-2/h19-20,22-23,35,37,43,45,49-51,53-56,58-59,61-63H,3-18,21,24-34,36,38-42,44,46-48H2,1-2H3,(H,57,60)/b20-19-,23-22-,37-35+,45-43+. The first-order valence-corrected chi connectivity index (χ1v) is 27.4. The summed E-state index contributed by atoms with van der Waals surface area (Å²) in [6.07, 6.45) is 53.4. The highest BCUT2D eigenvalue weighted by atomic mass is 16.7. The van der Waals surface area contributed by atoms with E-state index in [0.29, 0.717) is 6.42 Å². The van der Waals surface area contributed by atoms with Crippen molar-refractivity contribution in [3.05, 3.63) is 48.6 Å². The van der Waals surface area contributed by atoms with Crippen LogP contribution < -0.4 is 5.32 Å². The van der Waals surface area contributed by atoms with Gasteiger partial charge in [-0.25, -0.2) is 0 Å². The van der Waals surface area contributed by atoms with Crippen LogP contribution in [0.1, 0.15) is 245 Å². The van der Waals surface area contributed by atoms with Gasteiger partial charge in [0.1, 0.15) is 24.4 Å². The van der Waals surface area contributed by atoms with Gasteiger partial charge >= 0.3 is 0 Å². The molecule has 0 radical (unpaired) electrons. The van der Waals surface area contributed by atoms with Crippen LogP contribution in [0.5, 0.6) is 0 Å². The second-order valence-corrected chi connectivity index (χ2v) is 19.0. The smallest absolute Gasteiger partial charge is 0.220 e. The molecular weight excluding hydrogens is 815 g/mol. The number of carbonyl (C=O) groups excluding carboxylic acids is 1. The second-order valence-electron chi connectivity index (χ2n) is 19.0. The first kappa shape index (κ1) is 61.2. The minimum Gasteiger partial charge on any atom is -0.394 e. The first-order valence-electron chi connectivity index (χ1n) is 27.4. The highest BCUT2D eigenvalue weighted by Gasteiger charge is 2.44. The number of aliphatic hydroxyl groups is 5. The summed E-state index contributed by atoms with van der Waals surface area (Å²) in [5.74, 6) is -0.188. The molecule has 1 fully saturated rings. The van der Waals surface area contributed by atoms with Crippen molar-refractivity contribution in [2.24, 2.45) is 0 Å². The Morgan fingerprint density at radius 1 is 0.523 bits per heavy atom. The number of nitrogens with one attached hydrogen (secondary N) is 1. The Bertz CT molecular complexity index is 1160. The third kappa shape index (κ3) is 35.9. The molecular formula is C56H103NO8. The fourth-order valence-corrected chi connectivity index (χ4v) is 8.50. The van der Waals surface area contributed by atoms with Crippen LogP contribution in [-0.2, 0) is 14.3 Å². The van der Waals surface area contributed by atoms with Crippen LogP contribution in [0.4, 0.5) is 0 Å². The Hall–Kier alpha value is -1.85. The van der Waals surface area contributed by atoms with E-state index in [2.05, 4.69) is 55.6 Å². The van der Waals surface area contributed by atoms with Gasteiger partial charge in [-0.3, -0.25) is 4.79 Å². The van der Waals surface area contributed by atoms with E-state index in [9.17, 15) is 30.3 Å². The Morgan fingerprint density at radius 2 is 0.923 bits per heavy atom. The van der Waals surface area contributed by atoms with E-state index in [0.717, 1.165) is 44.9 Å². The van der Waals surface area contributed by atoms with Crippen LogP contribution in [0.25, 0.3) is 0 Å². The second kappa shape index (κ2) is 45.9. The summed E-state index contributed by atoms with van der Waals surface area (Å²) in [4.78, 5) is 13.0. The van der Waals surface area contributed by atoms with Gasteiger partial charge in [-0.2, -0.15) is 0 Å². The Morgan fingerprint density at radius 3 is 1.38 bits per heavy atom. The Kier molecular flexibility index (Phi) is 43.2. The maximum atomic E-state index is 13.0. The maximum absolute atomic E-state index is 13.0. The van der Waals surface area contributed by atoms with Gasteiger partial charge in [0.25, 0.3) is 0 Å². The predicted molar refractivity (Wildman–Crippen MR) is 272 cm³/mol. The van der Waals surface area contributed by atoms with Crippen molar-refractivity contribution in [3.8, 4) is 0 Å². The van der Waals surface area contributed by atoms with E-state index in [-0.39, 0.29) is 12.5 Å². The van der Waals surface area contributed by atoms with Crippen LogP contribution in [-0.4, -0.2) is 87.5 Å². The summed E-state index contributed by atoms with van der Waals surface area (Å²) >= 11 is 0. The number of unbranched alkanes of at least 4 members (excludes halogenated alkanes) is 30. The number of aliphatic hydroxyl groups excluding tert-OH is 5. The summed E-state index contributed by atoms with van der Waals surface area (Å²) in [6, 6.07) is -0.820. The summed E-state index contributed by atoms with van der Waals surface area (Å²) in [6.45, 7) is 3.74. The highest BCUT2D eigenvalue weighted by molar-refractivity contribution is 5.76. The van der Waals surface area contributed by atoms with E-state index in [1.807, 2.05) is 6.08 Å². The molecule has 9 heteroatoms. The molecule has 0 aliphatic carbocycles. The largest absolute Gasteiger partial charge is 0.394 e. The number of carbonyl (C=O) groups is 1. The molecule has 380 valence electrons. The molecule has 0 aromatic heterocycles. The van der Waals surface area contributed by atoms with E-state index >= 15 is 0 Å². The molecule has 0 aromatic carbocycles. The van der Waals surface area contributed by atoms with Gasteiger partial charge in [0.05, 0.1) is 25.4 Å². The average Bonchev–Trinajstić information content (AvgIpc) is 3.31. The molecule has 1 rings (SSSR count). The zero-order chi connectivity index (χ0) is 47.3. The van der Waals surface area contributed by atoms with E-state index in [4.69, 9.17) is 9.47 Å². The highest BCUT2D eigenvalue weighted by Crippen LogP contribution is 2.23. The third-order valence-electron chi connectivity index (χ3n) is 12.9. The summed E-state index contributed by atoms with van der Waals surface area (Å²) in [7, 11) is 0. The lowest BCUT2D eigenvalue weighted by Crippen LogP contribution is -2.60. The average molecular weight is 918 g/mol. The fourth-order valence-electron chi connectivity index (χ4n) is 8.50. The molecule has 1 amide bonds. The van der Waals surface area contributed by atoms with E-state index < -0.39 is 49.5 Å². The molecule has 6 N–H and O–H groups in total. The van der Waals surface area contributed by atoms with Crippen LogP contribution in [0.15, 0.2) is 48.6 Å². The SMILES string of the molecule is CCCCCCC/C=C/CC/C=C/C(O)C(COC1OC(CO)C(O)C(O)C1O)NC(=O)CCCCCCCCCCCCCCCCC/C=C\C/C=C\CCCCCCCCCCC. The summed E-state index contributed by atoms with van der Waals surface area (Å²) < 4.78 is 11.2. The zero-order valence-electron chi connectivity index (χ0n) is 42.0. The van der Waals surface area contributed by atoms with Crippen molar-refractivity contribution in [1.82, 2.24) is 5.32 Å². The third-order valence-corrected chi connectivity index (χ3v) is 12.9. The van der Waals surface area contributed by atoms with Gasteiger partial charge in [0.2, 0.25) is 5.91 Å². The molecule has 1 saturated heterocycles. The quantitative estimate of drug-likeness (QED) is 0.0261. The molecule has 65 heavy (non-hydrogen) atoms. The lowest BCUT2D eigenvalue weighted by Gasteiger charge is -2.40. The maximum Gasteiger partial charge on any atom is 0.220 e. The Labute approximate surface area is 399 Å². The number of ether oxygens (including phenoxy) is 2. The molecule has 7 unspecified atom stereocenters. The van der Waals surface area contributed by atoms with Gasteiger partial charge in [-0.05, 0) is 64.2 Å². The molecule has 0 bridgehead atoms. The molecule has 0 aromatic rings. The lowest BCUT2D eigenvalue weighted by molar-refractivity contribution is -0.302. The fraction of sp³-hybridized carbons (Fsp3) is 0.839. The number of hydrogen-bond acceptors (Lipinski definition) is 8. The van der Waals surface area contributed by atoms with Crippen molar-refractivity contribution in [2.75, 3.05) is 13.2 Å². The van der Waals surface area contributed by atoms with E-state index in [1.54, 1.807) is 6.08 Å². The van der Waals surface area contributed by atoms with Crippen LogP contribution >= 0.6 is 0 Å².